The molecule has 0 aliphatic heterocycles. The van der Waals surface area contributed by atoms with Gasteiger partial charge < -0.3 is 4.74 Å². The number of ether oxygens (including phenoxy) is 1. The number of benzene rings is 2. The van der Waals surface area contributed by atoms with Crippen LogP contribution in [0.15, 0.2) is 66.0 Å². The van der Waals surface area contributed by atoms with Gasteiger partial charge in [0.05, 0.1) is 0 Å². The van der Waals surface area contributed by atoms with E-state index in [9.17, 15) is 9.59 Å². The zero-order valence-corrected chi connectivity index (χ0v) is 14.9. The summed E-state index contributed by atoms with van der Waals surface area (Å²) in [5, 5.41) is 1.80. The highest BCUT2D eigenvalue weighted by Crippen LogP contribution is 2.26. The van der Waals surface area contributed by atoms with Gasteiger partial charge >= 0.3 is 5.97 Å². The fourth-order valence-corrected chi connectivity index (χ4v) is 3.11. The van der Waals surface area contributed by atoms with Crippen LogP contribution in [-0.2, 0) is 4.74 Å². The number of hydrogen-bond acceptors (Lipinski definition) is 4. The Morgan fingerprint density at radius 1 is 0.920 bits per heavy atom. The average molecular weight is 350 g/mol. The highest BCUT2D eigenvalue weighted by molar-refractivity contribution is 7.11. The lowest BCUT2D eigenvalue weighted by Crippen LogP contribution is -2.20. The minimum Gasteiger partial charge on any atom is -0.445 e. The number of Topliss-reactive ketones (excluding diaryl/α,β-unsaturated/α-hetero) is 1. The Morgan fingerprint density at radius 2 is 1.68 bits per heavy atom. The number of carbonyl (C=O) groups is 2. The van der Waals surface area contributed by atoms with Gasteiger partial charge in [0.25, 0.3) is 0 Å². The van der Waals surface area contributed by atoms with Crippen LogP contribution >= 0.6 is 11.3 Å². The minimum atomic E-state index is -0.960. The molecule has 0 saturated carbocycles. The van der Waals surface area contributed by atoms with Gasteiger partial charge in [0.2, 0.25) is 5.78 Å². The molecular weight excluding hydrogens is 332 g/mol. The molecule has 3 aromatic rings. The third-order valence-electron chi connectivity index (χ3n) is 4.08. The second kappa shape index (κ2) is 7.45. The molecule has 3 rings (SSSR count). The first-order valence-electron chi connectivity index (χ1n) is 7.97. The molecule has 0 aliphatic carbocycles. The Hall–Kier alpha value is -2.72. The molecule has 1 heterocycles. The molecule has 0 saturated heterocycles. The van der Waals surface area contributed by atoms with E-state index >= 15 is 0 Å². The SMILES string of the molecule is Cc1ccc(C(=O)[C@H](OC(=O)c2cccs2)c2ccccc2)cc1C. The number of rotatable bonds is 5. The van der Waals surface area contributed by atoms with Crippen LogP contribution in [0.25, 0.3) is 0 Å². The summed E-state index contributed by atoms with van der Waals surface area (Å²) in [6, 6.07) is 18.1. The van der Waals surface area contributed by atoms with Crippen molar-refractivity contribution in [3.63, 3.8) is 0 Å². The van der Waals surface area contributed by atoms with Crippen molar-refractivity contribution in [1.82, 2.24) is 0 Å². The van der Waals surface area contributed by atoms with Crippen LogP contribution < -0.4 is 0 Å². The molecule has 4 heteroatoms. The molecule has 0 spiro atoms. The summed E-state index contributed by atoms with van der Waals surface area (Å²) in [7, 11) is 0. The zero-order valence-electron chi connectivity index (χ0n) is 14.1. The maximum atomic E-state index is 13.0. The largest absolute Gasteiger partial charge is 0.445 e. The normalized spacial score (nSPS) is 11.8. The molecule has 3 nitrogen and oxygen atoms in total. The first kappa shape index (κ1) is 17.1. The fourth-order valence-electron chi connectivity index (χ4n) is 2.51. The Morgan fingerprint density at radius 3 is 2.32 bits per heavy atom. The third-order valence-corrected chi connectivity index (χ3v) is 4.93. The summed E-state index contributed by atoms with van der Waals surface area (Å²) in [6.07, 6.45) is -0.960. The molecule has 0 radical (unpaired) electrons. The quantitative estimate of drug-likeness (QED) is 0.472. The Labute approximate surface area is 150 Å². The van der Waals surface area contributed by atoms with Gasteiger partial charge in [-0.15, -0.1) is 11.3 Å². The lowest BCUT2D eigenvalue weighted by atomic mass is 9.97. The maximum absolute atomic E-state index is 13.0. The van der Waals surface area contributed by atoms with E-state index in [0.717, 1.165) is 11.1 Å². The van der Waals surface area contributed by atoms with Gasteiger partial charge in [-0.2, -0.15) is 0 Å². The number of esters is 1. The minimum absolute atomic E-state index is 0.223. The first-order valence-corrected chi connectivity index (χ1v) is 8.85. The molecular formula is C21H18O3S. The summed E-state index contributed by atoms with van der Waals surface area (Å²) in [4.78, 5) is 25.9. The highest BCUT2D eigenvalue weighted by atomic mass is 32.1. The van der Waals surface area contributed by atoms with Gasteiger partial charge in [-0.3, -0.25) is 4.79 Å². The van der Waals surface area contributed by atoms with E-state index in [1.807, 2.05) is 44.2 Å². The van der Waals surface area contributed by atoms with E-state index < -0.39 is 12.1 Å². The Balaban J connectivity index is 1.94. The summed E-state index contributed by atoms with van der Waals surface area (Å²) >= 11 is 1.29. The van der Waals surface area contributed by atoms with Crippen LogP contribution in [0, 0.1) is 13.8 Å². The van der Waals surface area contributed by atoms with Gasteiger partial charge in [0, 0.05) is 11.1 Å². The standard InChI is InChI=1S/C21H18O3S/c1-14-10-11-17(13-15(14)2)19(22)20(16-7-4-3-5-8-16)24-21(23)18-9-6-12-25-18/h3-13,20H,1-2H3/t20-/m1/s1. The number of carbonyl (C=O) groups excluding carboxylic acids is 2. The summed E-state index contributed by atoms with van der Waals surface area (Å²) in [5.41, 5.74) is 3.34. The van der Waals surface area contributed by atoms with Crippen LogP contribution in [0.4, 0.5) is 0 Å². The first-order chi connectivity index (χ1) is 12.1. The lowest BCUT2D eigenvalue weighted by molar-refractivity contribution is 0.0285. The third kappa shape index (κ3) is 3.86. The van der Waals surface area contributed by atoms with Crippen molar-refractivity contribution < 1.29 is 14.3 Å². The molecule has 0 unspecified atom stereocenters. The molecule has 2 aromatic carbocycles. The van der Waals surface area contributed by atoms with E-state index in [1.165, 1.54) is 11.3 Å². The second-order valence-electron chi connectivity index (χ2n) is 5.84. The van der Waals surface area contributed by atoms with Crippen LogP contribution in [0.2, 0.25) is 0 Å². The Kier molecular flexibility index (Phi) is 5.10. The van der Waals surface area contributed by atoms with Crippen molar-refractivity contribution in [3.05, 3.63) is 93.2 Å². The predicted octanol–water partition coefficient (Wildman–Crippen LogP) is 5.15. The number of ketones is 1. The van der Waals surface area contributed by atoms with Gasteiger partial charge in [-0.05, 0) is 42.5 Å². The molecule has 25 heavy (non-hydrogen) atoms. The van der Waals surface area contributed by atoms with Crippen molar-refractivity contribution in [2.24, 2.45) is 0 Å². The van der Waals surface area contributed by atoms with Crippen LogP contribution in [0.1, 0.15) is 42.8 Å². The van der Waals surface area contributed by atoms with Gasteiger partial charge in [-0.25, -0.2) is 4.79 Å². The molecule has 0 fully saturated rings. The molecule has 0 N–H and O–H groups in total. The smallest absolute Gasteiger partial charge is 0.349 e. The van der Waals surface area contributed by atoms with Crippen LogP contribution in [0.5, 0.6) is 0 Å². The number of aryl methyl sites for hydroxylation is 2. The average Bonchev–Trinajstić information content (AvgIpc) is 3.17. The lowest BCUT2D eigenvalue weighted by Gasteiger charge is -2.17. The van der Waals surface area contributed by atoms with Crippen molar-refractivity contribution in [3.8, 4) is 0 Å². The van der Waals surface area contributed by atoms with Crippen molar-refractivity contribution in [2.75, 3.05) is 0 Å². The number of thiophene rings is 1. The van der Waals surface area contributed by atoms with Crippen molar-refractivity contribution >= 4 is 23.1 Å². The van der Waals surface area contributed by atoms with Gasteiger partial charge in [0.15, 0.2) is 6.10 Å². The molecule has 1 aromatic heterocycles. The van der Waals surface area contributed by atoms with Gasteiger partial charge in [-0.1, -0.05) is 48.5 Å². The van der Waals surface area contributed by atoms with Crippen LogP contribution in [0.3, 0.4) is 0 Å². The molecule has 126 valence electrons. The Bertz CT molecular complexity index is 883. The molecule has 1 atom stereocenters. The van der Waals surface area contributed by atoms with Crippen molar-refractivity contribution in [1.29, 1.82) is 0 Å². The van der Waals surface area contributed by atoms with E-state index in [0.29, 0.717) is 16.0 Å². The molecule has 0 aliphatic rings. The monoisotopic (exact) mass is 350 g/mol. The predicted molar refractivity (Wildman–Crippen MR) is 99.2 cm³/mol. The van der Waals surface area contributed by atoms with E-state index in [1.54, 1.807) is 35.7 Å². The topological polar surface area (TPSA) is 43.4 Å². The maximum Gasteiger partial charge on any atom is 0.349 e. The fraction of sp³-hybridized carbons (Fsp3) is 0.143. The second-order valence-corrected chi connectivity index (χ2v) is 6.78. The molecule has 0 bridgehead atoms. The van der Waals surface area contributed by atoms with Crippen molar-refractivity contribution in [2.45, 2.75) is 20.0 Å². The van der Waals surface area contributed by atoms with E-state index in [-0.39, 0.29) is 5.78 Å². The molecule has 0 amide bonds. The van der Waals surface area contributed by atoms with Crippen LogP contribution in [-0.4, -0.2) is 11.8 Å². The van der Waals surface area contributed by atoms with E-state index in [4.69, 9.17) is 4.74 Å². The zero-order chi connectivity index (χ0) is 17.8. The summed E-state index contributed by atoms with van der Waals surface area (Å²) in [6.45, 7) is 3.95. The highest BCUT2D eigenvalue weighted by Gasteiger charge is 2.27. The summed E-state index contributed by atoms with van der Waals surface area (Å²) < 4.78 is 5.59. The number of hydrogen-bond donors (Lipinski definition) is 0. The van der Waals surface area contributed by atoms with E-state index in [2.05, 4.69) is 0 Å². The van der Waals surface area contributed by atoms with Gasteiger partial charge in [0.1, 0.15) is 4.88 Å². The summed E-state index contributed by atoms with van der Waals surface area (Å²) in [5.74, 6) is -0.708.